The van der Waals surface area contributed by atoms with Crippen molar-refractivity contribution in [1.29, 1.82) is 0 Å². The Morgan fingerprint density at radius 2 is 1.19 bits per heavy atom. The molecule has 1 fully saturated rings. The van der Waals surface area contributed by atoms with Gasteiger partial charge in [-0.2, -0.15) is 0 Å². The Labute approximate surface area is 364 Å². The van der Waals surface area contributed by atoms with Crippen molar-refractivity contribution in [3.63, 3.8) is 0 Å². The van der Waals surface area contributed by atoms with Crippen LogP contribution >= 0.6 is 7.05 Å². The molecule has 0 spiro atoms. The van der Waals surface area contributed by atoms with E-state index in [9.17, 15) is 10.2 Å². The molecule has 2 unspecified atom stereocenters. The van der Waals surface area contributed by atoms with E-state index in [-0.39, 0.29) is 59.5 Å². The van der Waals surface area contributed by atoms with Gasteiger partial charge in [0, 0.05) is 74.2 Å². The second-order valence-electron chi connectivity index (χ2n) is 17.6. The molecule has 1 aliphatic carbocycles. The minimum Gasteiger partial charge on any atom is -0.507 e. The zero-order valence-corrected chi connectivity index (χ0v) is 38.4. The molecule has 2 N–H and O–H groups in total. The van der Waals surface area contributed by atoms with Gasteiger partial charge in [-0.15, -0.1) is 0 Å². The van der Waals surface area contributed by atoms with Gasteiger partial charge in [0.05, 0.1) is 18.7 Å². The van der Waals surface area contributed by atoms with E-state index < -0.39 is 7.05 Å². The number of benzene rings is 5. The quantitative estimate of drug-likeness (QED) is 0.0789. The van der Waals surface area contributed by atoms with Gasteiger partial charge in [-0.25, -0.2) is 4.33 Å². The van der Waals surface area contributed by atoms with Gasteiger partial charge in [-0.05, 0) is 78.1 Å². The smallest absolute Gasteiger partial charge is 0.200 e. The zero-order valence-electron chi connectivity index (χ0n) is 36.4. The summed E-state index contributed by atoms with van der Waals surface area (Å²) in [4.78, 5) is 10.2. The molecule has 315 valence electrons. The van der Waals surface area contributed by atoms with Crippen molar-refractivity contribution in [2.45, 2.75) is 104 Å². The van der Waals surface area contributed by atoms with Crippen molar-refractivity contribution in [3.8, 4) is 11.5 Å². The Morgan fingerprint density at radius 1 is 0.695 bits per heavy atom. The summed E-state index contributed by atoms with van der Waals surface area (Å²) in [7, 11) is -0.139. The van der Waals surface area contributed by atoms with Crippen LogP contribution in [0.4, 0.5) is 5.69 Å². The van der Waals surface area contributed by atoms with Crippen molar-refractivity contribution in [2.75, 3.05) is 13.4 Å². The summed E-state index contributed by atoms with van der Waals surface area (Å²) in [5.41, 5.74) is 6.15. The van der Waals surface area contributed by atoms with E-state index in [0.29, 0.717) is 17.7 Å². The van der Waals surface area contributed by atoms with Crippen LogP contribution in [0.1, 0.15) is 101 Å². The van der Waals surface area contributed by atoms with Crippen LogP contribution < -0.4 is 10.6 Å². The summed E-state index contributed by atoms with van der Waals surface area (Å²) in [5, 5.41) is 25.5. The summed E-state index contributed by atoms with van der Waals surface area (Å²) >= 11 is 0. The molecule has 5 aromatic carbocycles. The van der Waals surface area contributed by atoms with Crippen molar-refractivity contribution < 1.29 is 36.1 Å². The number of aromatic hydroxyl groups is 2. The minimum atomic E-state index is -2.31. The number of phenolic OH excluding ortho intramolecular Hbond substituents is 2. The zero-order chi connectivity index (χ0) is 40.8. The van der Waals surface area contributed by atoms with Crippen LogP contribution in [0.15, 0.2) is 125 Å². The largest absolute Gasteiger partial charge is 0.507 e. The molecule has 8 heteroatoms. The summed E-state index contributed by atoms with van der Waals surface area (Å²) in [6.45, 7) is 15.3. The third-order valence-corrected chi connectivity index (χ3v) is 15.3. The van der Waals surface area contributed by atoms with E-state index in [2.05, 4.69) is 150 Å². The van der Waals surface area contributed by atoms with Gasteiger partial charge in [-0.3, -0.25) is 9.98 Å². The number of aryl methyl sites for hydroxylation is 1. The molecule has 0 aromatic heterocycles. The van der Waals surface area contributed by atoms with E-state index in [0.717, 1.165) is 53.6 Å². The first-order valence-corrected chi connectivity index (χ1v) is 22.2. The molecule has 5 aromatic rings. The van der Waals surface area contributed by atoms with Crippen LogP contribution in [0.3, 0.4) is 0 Å². The van der Waals surface area contributed by atoms with Crippen molar-refractivity contribution in [2.24, 2.45) is 9.98 Å². The second kappa shape index (κ2) is 20.3. The first-order valence-electron chi connectivity index (χ1n) is 20.3. The van der Waals surface area contributed by atoms with Crippen molar-refractivity contribution >= 4 is 35.8 Å². The fourth-order valence-electron chi connectivity index (χ4n) is 7.85. The van der Waals surface area contributed by atoms with E-state index in [1.165, 1.54) is 16.2 Å². The number of rotatable bonds is 11. The Morgan fingerprint density at radius 3 is 1.68 bits per heavy atom. The number of hydrogen-bond acceptors (Lipinski definition) is 5. The number of hydrogen-bond donors (Lipinski definition) is 2. The molecule has 0 bridgehead atoms. The summed E-state index contributed by atoms with van der Waals surface area (Å²) in [6.07, 6.45) is 8.15. The second-order valence-corrected chi connectivity index (χ2v) is 21.0. The van der Waals surface area contributed by atoms with Crippen LogP contribution in [0.2, 0.25) is 0 Å². The fraction of sp³-hybridized carbons (Fsp3) is 0.353. The minimum absolute atomic E-state index is 0. The molecule has 0 saturated heterocycles. The van der Waals surface area contributed by atoms with Crippen molar-refractivity contribution in [3.05, 3.63) is 156 Å². The normalized spacial score (nSPS) is 16.1. The van der Waals surface area contributed by atoms with Gasteiger partial charge < -0.3 is 22.4 Å². The maximum atomic E-state index is 11.7. The van der Waals surface area contributed by atoms with E-state index >= 15 is 0 Å². The number of phenols is 2. The third-order valence-electron chi connectivity index (χ3n) is 11.2. The number of nitrogens with zero attached hydrogens (tertiary/aromatic N) is 3. The molecule has 6 rings (SSSR count). The number of ether oxygens (including phenoxy) is 1. The SMILES string of the molecule is Cc1cc(C=NC2CCCCC2N=Cc2cc(C(C)(C)C)cc(C(C)(C)C)c2O)c(O)c(COCP(c2ccccc2)(c2ccccc2)=[N+](C)c2ccccc2)c1.[CH3-].[Co]. The van der Waals surface area contributed by atoms with Crippen LogP contribution in [0.25, 0.3) is 0 Å². The maximum Gasteiger partial charge on any atom is 0.200 e. The first kappa shape index (κ1) is 47.4. The van der Waals surface area contributed by atoms with E-state index in [1.807, 2.05) is 37.6 Å². The molecular formula is C51H64CoN3O3P. The van der Waals surface area contributed by atoms with E-state index in [1.54, 1.807) is 0 Å². The van der Waals surface area contributed by atoms with Gasteiger partial charge >= 0.3 is 0 Å². The molecule has 0 amide bonds. The fourth-order valence-corrected chi connectivity index (χ4v) is 11.5. The predicted octanol–water partition coefficient (Wildman–Crippen LogP) is 11.6. The van der Waals surface area contributed by atoms with Crippen LogP contribution in [0.5, 0.6) is 11.5 Å². The van der Waals surface area contributed by atoms with Gasteiger partial charge in [0.1, 0.15) is 24.9 Å². The molecule has 1 radical (unpaired) electrons. The van der Waals surface area contributed by atoms with Crippen molar-refractivity contribution in [1.82, 2.24) is 0 Å². The first-order chi connectivity index (χ1) is 27.2. The Hall–Kier alpha value is -4.26. The molecule has 59 heavy (non-hydrogen) atoms. The Kier molecular flexibility index (Phi) is 16.3. The third kappa shape index (κ3) is 11.1. The van der Waals surface area contributed by atoms with Crippen LogP contribution in [0, 0.1) is 14.4 Å². The average molecular weight is 857 g/mol. The van der Waals surface area contributed by atoms with Crippen LogP contribution in [-0.2, 0) is 39.0 Å². The topological polar surface area (TPSA) is 77.4 Å². The maximum absolute atomic E-state index is 11.7. The monoisotopic (exact) mass is 856 g/mol. The molecular weight excluding hydrogens is 792 g/mol. The van der Waals surface area contributed by atoms with E-state index in [4.69, 9.17) is 14.7 Å². The summed E-state index contributed by atoms with van der Waals surface area (Å²) < 4.78 is 9.15. The summed E-state index contributed by atoms with van der Waals surface area (Å²) in [5.74, 6) is 0.492. The number of aliphatic imine (C=N–C) groups is 2. The average Bonchev–Trinajstić information content (AvgIpc) is 3.20. The van der Waals surface area contributed by atoms with Crippen LogP contribution in [-0.4, -0.2) is 52.4 Å². The van der Waals surface area contributed by atoms with Gasteiger partial charge in [0.2, 0.25) is 5.69 Å². The Bertz CT molecular complexity index is 2220. The van der Waals surface area contributed by atoms with Gasteiger partial charge in [0.15, 0.2) is 7.05 Å². The Balaban J connectivity index is 0.00000384. The molecule has 0 aliphatic heterocycles. The summed E-state index contributed by atoms with van der Waals surface area (Å²) in [6, 6.07) is 40.0. The number of para-hydroxylation sites is 1. The molecule has 1 aliphatic rings. The molecule has 1 saturated carbocycles. The molecule has 6 nitrogen and oxygen atoms in total. The van der Waals surface area contributed by atoms with Gasteiger partial charge in [0.25, 0.3) is 0 Å². The molecule has 2 atom stereocenters. The molecule has 0 heterocycles. The standard InChI is InChI=1S/C50H60N3O3P.CH3.Co/c1-36-28-37(32-51-45-26-18-19-27-46(45)52-33-38-30-40(49(2,3)4)31-44(48(38)55)50(5,6)7)47(54)39(29-36)34-56-35-57(42-22-14-10-15-23-42,43-24-16-11-17-25-43)53(8)41-20-12-9-13-21-41;;/h9-17,20-25,28-33,45-46H,18-19,26-27,34-35H2,1-8H3,(H-,51,52,54,55);1H3;/q;-1;/p+1. The predicted molar refractivity (Wildman–Crippen MR) is 247 cm³/mol. The van der Waals surface area contributed by atoms with Gasteiger partial charge in [-0.1, -0.05) is 121 Å².